The van der Waals surface area contributed by atoms with Crippen LogP contribution in [0.1, 0.15) is 0 Å². The molecule has 2 aromatic rings. The minimum atomic E-state index is -0.231. The van der Waals surface area contributed by atoms with Gasteiger partial charge in [0.2, 0.25) is 16.9 Å². The monoisotopic (exact) mass is 192 g/mol. The minimum Gasteiger partial charge on any atom is -0.489 e. The third-order valence-electron chi connectivity index (χ3n) is 1.75. The van der Waals surface area contributed by atoms with Gasteiger partial charge in [-0.2, -0.15) is 0 Å². The Labute approximate surface area is 79.4 Å². The second-order valence-corrected chi connectivity index (χ2v) is 2.59. The number of ether oxygens (including phenoxy) is 1. The Balaban J connectivity index is 2.64. The van der Waals surface area contributed by atoms with E-state index in [9.17, 15) is 4.79 Å². The number of methoxy groups -OCH3 is 1. The van der Waals surface area contributed by atoms with Crippen LogP contribution in [-0.2, 0) is 0 Å². The Morgan fingerprint density at radius 2 is 2.43 bits per heavy atom. The molecule has 2 aromatic heterocycles. The van der Waals surface area contributed by atoms with E-state index in [1.807, 2.05) is 0 Å². The highest BCUT2D eigenvalue weighted by molar-refractivity contribution is 5.55. The van der Waals surface area contributed by atoms with E-state index in [1.54, 1.807) is 12.4 Å². The van der Waals surface area contributed by atoms with Crippen molar-refractivity contribution in [1.29, 1.82) is 0 Å². The van der Waals surface area contributed by atoms with Gasteiger partial charge < -0.3 is 14.1 Å². The maximum atomic E-state index is 11.3. The molecule has 72 valence electrons. The van der Waals surface area contributed by atoms with Gasteiger partial charge in [-0.1, -0.05) is 0 Å². The summed E-state index contributed by atoms with van der Waals surface area (Å²) in [5.41, 5.74) is -0.231. The van der Waals surface area contributed by atoms with Crippen molar-refractivity contribution in [2.75, 3.05) is 7.11 Å². The largest absolute Gasteiger partial charge is 0.489 e. The van der Waals surface area contributed by atoms with E-state index in [0.717, 1.165) is 0 Å². The zero-order valence-electron chi connectivity index (χ0n) is 7.48. The Bertz CT molecular complexity index is 473. The molecule has 0 radical (unpaired) electrons. The van der Waals surface area contributed by atoms with Crippen molar-refractivity contribution in [1.82, 2.24) is 9.97 Å². The summed E-state index contributed by atoms with van der Waals surface area (Å²) < 4.78 is 10.1. The summed E-state index contributed by atoms with van der Waals surface area (Å²) >= 11 is 0. The number of rotatable bonds is 2. The van der Waals surface area contributed by atoms with Gasteiger partial charge in [-0.3, -0.25) is 4.79 Å². The number of hydrogen-bond donors (Lipinski definition) is 1. The Hall–Kier alpha value is -2.04. The summed E-state index contributed by atoms with van der Waals surface area (Å²) in [4.78, 5) is 18.1. The second-order valence-electron chi connectivity index (χ2n) is 2.59. The predicted molar refractivity (Wildman–Crippen MR) is 49.1 cm³/mol. The van der Waals surface area contributed by atoms with Crippen LogP contribution in [0.5, 0.6) is 5.75 Å². The molecule has 0 atom stereocenters. The Morgan fingerprint density at radius 1 is 1.57 bits per heavy atom. The summed E-state index contributed by atoms with van der Waals surface area (Å²) in [5.74, 6) is 0.937. The summed E-state index contributed by atoms with van der Waals surface area (Å²) in [7, 11) is 1.42. The first-order valence-corrected chi connectivity index (χ1v) is 3.98. The number of aromatic amines is 1. The summed E-state index contributed by atoms with van der Waals surface area (Å²) in [6.07, 6.45) is 4.52. The summed E-state index contributed by atoms with van der Waals surface area (Å²) in [6, 6.07) is 1.30. The van der Waals surface area contributed by atoms with Gasteiger partial charge in [-0.15, -0.1) is 0 Å². The van der Waals surface area contributed by atoms with Crippen LogP contribution < -0.4 is 10.2 Å². The highest BCUT2D eigenvalue weighted by Gasteiger charge is 2.13. The molecule has 0 saturated carbocycles. The van der Waals surface area contributed by atoms with E-state index in [0.29, 0.717) is 11.6 Å². The lowest BCUT2D eigenvalue weighted by Gasteiger charge is -2.02. The van der Waals surface area contributed by atoms with Crippen LogP contribution >= 0.6 is 0 Å². The zero-order chi connectivity index (χ0) is 9.97. The molecule has 0 aromatic carbocycles. The van der Waals surface area contributed by atoms with Gasteiger partial charge in [-0.25, -0.2) is 4.98 Å². The fraction of sp³-hybridized carbons (Fsp3) is 0.111. The van der Waals surface area contributed by atoms with Crippen LogP contribution in [0.15, 0.2) is 33.9 Å². The number of imidazole rings is 1. The molecule has 2 heterocycles. The second kappa shape index (κ2) is 3.37. The van der Waals surface area contributed by atoms with Gasteiger partial charge in [-0.05, 0) is 0 Å². The van der Waals surface area contributed by atoms with Gasteiger partial charge in [0, 0.05) is 18.5 Å². The number of H-pyrrole nitrogens is 1. The van der Waals surface area contributed by atoms with Crippen molar-refractivity contribution in [3.05, 3.63) is 34.9 Å². The van der Waals surface area contributed by atoms with Gasteiger partial charge in [0.1, 0.15) is 0 Å². The molecule has 0 spiro atoms. The molecular weight excluding hydrogens is 184 g/mol. The number of nitrogens with one attached hydrogen (secondary N) is 1. The van der Waals surface area contributed by atoms with Crippen molar-refractivity contribution >= 4 is 0 Å². The maximum absolute atomic E-state index is 11.3. The smallest absolute Gasteiger partial charge is 0.227 e. The van der Waals surface area contributed by atoms with E-state index in [-0.39, 0.29) is 11.2 Å². The van der Waals surface area contributed by atoms with Crippen molar-refractivity contribution in [3.63, 3.8) is 0 Å². The molecule has 0 unspecified atom stereocenters. The van der Waals surface area contributed by atoms with Crippen molar-refractivity contribution < 1.29 is 9.15 Å². The third-order valence-corrected chi connectivity index (χ3v) is 1.75. The molecule has 2 rings (SSSR count). The molecule has 0 fully saturated rings. The predicted octanol–water partition coefficient (Wildman–Crippen LogP) is 1.04. The van der Waals surface area contributed by atoms with Gasteiger partial charge in [0.05, 0.1) is 13.4 Å². The van der Waals surface area contributed by atoms with Crippen molar-refractivity contribution in [3.8, 4) is 17.3 Å². The maximum Gasteiger partial charge on any atom is 0.227 e. The van der Waals surface area contributed by atoms with Crippen LogP contribution in [0.4, 0.5) is 0 Å². The molecule has 14 heavy (non-hydrogen) atoms. The van der Waals surface area contributed by atoms with E-state index >= 15 is 0 Å². The quantitative estimate of drug-likeness (QED) is 0.771. The van der Waals surface area contributed by atoms with Gasteiger partial charge in [0.15, 0.2) is 5.82 Å². The standard InChI is InChI=1S/C9H8N2O3/c1-13-7-6(12)2-5-14-8(7)9-10-3-4-11-9/h2-5H,1H3,(H,10,11). The normalized spacial score (nSPS) is 10.1. The SMILES string of the molecule is COc1c(-c2ncc[nH]2)occc1=O. The number of nitrogens with zero attached hydrogens (tertiary/aromatic N) is 1. The van der Waals surface area contributed by atoms with Gasteiger partial charge >= 0.3 is 0 Å². The topological polar surface area (TPSA) is 68.1 Å². The Morgan fingerprint density at radius 3 is 3.07 bits per heavy atom. The zero-order valence-corrected chi connectivity index (χ0v) is 7.48. The molecular formula is C9H8N2O3. The van der Waals surface area contributed by atoms with Crippen LogP contribution in [-0.4, -0.2) is 17.1 Å². The van der Waals surface area contributed by atoms with E-state index in [2.05, 4.69) is 9.97 Å². The fourth-order valence-corrected chi connectivity index (χ4v) is 1.15. The molecule has 5 nitrogen and oxygen atoms in total. The Kier molecular flexibility index (Phi) is 2.06. The molecule has 0 aliphatic carbocycles. The fourth-order valence-electron chi connectivity index (χ4n) is 1.15. The third kappa shape index (κ3) is 1.28. The van der Waals surface area contributed by atoms with Crippen LogP contribution in [0.25, 0.3) is 11.6 Å². The van der Waals surface area contributed by atoms with Gasteiger partial charge in [0.25, 0.3) is 0 Å². The first-order valence-electron chi connectivity index (χ1n) is 3.98. The molecule has 1 N–H and O–H groups in total. The molecule has 0 bridgehead atoms. The lowest BCUT2D eigenvalue weighted by atomic mass is 10.3. The molecule has 0 aliphatic rings. The van der Waals surface area contributed by atoms with E-state index < -0.39 is 0 Å². The highest BCUT2D eigenvalue weighted by atomic mass is 16.5. The molecule has 0 amide bonds. The summed E-state index contributed by atoms with van der Waals surface area (Å²) in [5, 5.41) is 0. The van der Waals surface area contributed by atoms with E-state index in [1.165, 1.54) is 19.4 Å². The van der Waals surface area contributed by atoms with Crippen LogP contribution in [0.3, 0.4) is 0 Å². The van der Waals surface area contributed by atoms with Crippen LogP contribution in [0.2, 0.25) is 0 Å². The molecule has 0 aliphatic heterocycles. The van der Waals surface area contributed by atoms with Crippen molar-refractivity contribution in [2.45, 2.75) is 0 Å². The van der Waals surface area contributed by atoms with Crippen molar-refractivity contribution in [2.24, 2.45) is 0 Å². The molecule has 5 heteroatoms. The average Bonchev–Trinajstić information content (AvgIpc) is 2.70. The first-order chi connectivity index (χ1) is 6.83. The van der Waals surface area contributed by atoms with E-state index in [4.69, 9.17) is 9.15 Å². The number of hydrogen-bond acceptors (Lipinski definition) is 4. The highest BCUT2D eigenvalue weighted by Crippen LogP contribution is 2.22. The minimum absolute atomic E-state index is 0.155. The summed E-state index contributed by atoms with van der Waals surface area (Å²) in [6.45, 7) is 0. The first kappa shape index (κ1) is 8.55. The van der Waals surface area contributed by atoms with Crippen LogP contribution in [0, 0.1) is 0 Å². The average molecular weight is 192 g/mol. The lowest BCUT2D eigenvalue weighted by molar-refractivity contribution is 0.392. The lowest BCUT2D eigenvalue weighted by Crippen LogP contribution is -2.05. The number of aromatic nitrogens is 2. The molecule has 0 saturated heterocycles.